The molecule has 4 rings (SSSR count). The molecule has 1 N–H and O–H groups in total. The monoisotopic (exact) mass is 448 g/mol. The van der Waals surface area contributed by atoms with Gasteiger partial charge in [0.05, 0.1) is 25.3 Å². The van der Waals surface area contributed by atoms with Gasteiger partial charge in [-0.2, -0.15) is 0 Å². The molecule has 1 amide bonds. The third-order valence-corrected chi connectivity index (χ3v) is 5.57. The Morgan fingerprint density at radius 2 is 1.67 bits per heavy atom. The summed E-state index contributed by atoms with van der Waals surface area (Å²) in [6, 6.07) is 16.1. The van der Waals surface area contributed by atoms with E-state index in [0.29, 0.717) is 29.4 Å². The van der Waals surface area contributed by atoms with Crippen molar-refractivity contribution in [3.05, 3.63) is 86.7 Å². The van der Waals surface area contributed by atoms with Crippen molar-refractivity contribution in [2.75, 3.05) is 19.5 Å². The van der Waals surface area contributed by atoms with Crippen molar-refractivity contribution in [1.82, 2.24) is 13.7 Å². The van der Waals surface area contributed by atoms with Crippen LogP contribution in [0, 0.1) is 0 Å². The van der Waals surface area contributed by atoms with Gasteiger partial charge in [0.2, 0.25) is 0 Å². The predicted molar refractivity (Wildman–Crippen MR) is 125 cm³/mol. The number of nitrogens with one attached hydrogen (secondary N) is 1. The van der Waals surface area contributed by atoms with Gasteiger partial charge in [-0.3, -0.25) is 18.7 Å². The number of amides is 1. The van der Waals surface area contributed by atoms with Crippen LogP contribution in [0.2, 0.25) is 0 Å². The van der Waals surface area contributed by atoms with Gasteiger partial charge in [-0.25, -0.2) is 4.79 Å². The van der Waals surface area contributed by atoms with Gasteiger partial charge >= 0.3 is 5.69 Å². The first-order valence-corrected chi connectivity index (χ1v) is 10.2. The molecule has 9 heteroatoms. The molecule has 0 radical (unpaired) electrons. The van der Waals surface area contributed by atoms with Crippen molar-refractivity contribution in [2.24, 2.45) is 14.1 Å². The summed E-state index contributed by atoms with van der Waals surface area (Å²) in [5.74, 6) is 0.550. The first-order valence-electron chi connectivity index (χ1n) is 10.2. The smallest absolute Gasteiger partial charge is 0.332 e. The predicted octanol–water partition coefficient (Wildman–Crippen LogP) is 2.36. The van der Waals surface area contributed by atoms with Crippen molar-refractivity contribution < 1.29 is 14.3 Å². The Bertz CT molecular complexity index is 1460. The van der Waals surface area contributed by atoms with E-state index in [0.717, 1.165) is 10.1 Å². The van der Waals surface area contributed by atoms with Crippen molar-refractivity contribution in [3.8, 4) is 11.5 Å². The topological polar surface area (TPSA) is 96.5 Å². The number of anilines is 1. The molecule has 2 aromatic heterocycles. The van der Waals surface area contributed by atoms with Gasteiger partial charge < -0.3 is 19.4 Å². The summed E-state index contributed by atoms with van der Waals surface area (Å²) in [5, 5.41) is 3.12. The SMILES string of the molecule is COc1ccc(OC)c(NC(=O)c2cc3c(=O)n(C)c(=O)n(C)c3n2Cc2ccccc2)c1. The Balaban J connectivity index is 1.90. The number of aromatic nitrogens is 3. The van der Waals surface area contributed by atoms with Gasteiger partial charge in [0, 0.05) is 26.7 Å². The van der Waals surface area contributed by atoms with Crippen LogP contribution in [0.1, 0.15) is 16.1 Å². The lowest BCUT2D eigenvalue weighted by Gasteiger charge is -2.15. The molecule has 0 saturated carbocycles. The number of hydrogen-bond donors (Lipinski definition) is 1. The summed E-state index contributed by atoms with van der Waals surface area (Å²) in [5.41, 5.74) is 0.997. The molecule has 0 spiro atoms. The first kappa shape index (κ1) is 21.9. The summed E-state index contributed by atoms with van der Waals surface area (Å²) in [6.07, 6.45) is 0. The molecule has 0 bridgehead atoms. The molecule has 0 fully saturated rings. The zero-order valence-electron chi connectivity index (χ0n) is 18.8. The number of fused-ring (bicyclic) bond motifs is 1. The highest BCUT2D eigenvalue weighted by Gasteiger charge is 2.22. The van der Waals surface area contributed by atoms with Gasteiger partial charge in [-0.15, -0.1) is 0 Å². The van der Waals surface area contributed by atoms with Crippen LogP contribution in [0.15, 0.2) is 64.2 Å². The van der Waals surface area contributed by atoms with Crippen LogP contribution < -0.4 is 26.0 Å². The number of carbonyl (C=O) groups excluding carboxylic acids is 1. The fraction of sp³-hybridized carbons (Fsp3) is 0.208. The molecule has 0 unspecified atom stereocenters. The molecule has 9 nitrogen and oxygen atoms in total. The van der Waals surface area contributed by atoms with Crippen LogP contribution in [0.3, 0.4) is 0 Å². The van der Waals surface area contributed by atoms with E-state index in [9.17, 15) is 14.4 Å². The standard InChI is InChI=1S/C24H24N4O5/c1-26-22-17(23(30)27(2)24(26)31)13-19(28(22)14-15-8-6-5-7-9-15)21(29)25-18-12-16(32-3)10-11-20(18)33-4/h5-13H,14H2,1-4H3,(H,25,29). The van der Waals surface area contributed by atoms with E-state index in [4.69, 9.17) is 9.47 Å². The van der Waals surface area contributed by atoms with Gasteiger partial charge in [0.15, 0.2) is 0 Å². The Kier molecular flexibility index (Phi) is 5.78. The number of hydrogen-bond acceptors (Lipinski definition) is 5. The minimum Gasteiger partial charge on any atom is -0.497 e. The molecule has 0 aliphatic carbocycles. The normalized spacial score (nSPS) is 10.9. The first-order chi connectivity index (χ1) is 15.8. The quantitative estimate of drug-likeness (QED) is 0.489. The third kappa shape index (κ3) is 3.89. The van der Waals surface area contributed by atoms with E-state index < -0.39 is 17.2 Å². The van der Waals surface area contributed by atoms with Crippen LogP contribution >= 0.6 is 0 Å². The average Bonchev–Trinajstić information content (AvgIpc) is 3.21. The molecule has 4 aromatic rings. The number of benzene rings is 2. The molecular formula is C24H24N4O5. The Morgan fingerprint density at radius 3 is 2.33 bits per heavy atom. The second kappa shape index (κ2) is 8.70. The number of nitrogens with zero attached hydrogens (tertiary/aromatic N) is 3. The van der Waals surface area contributed by atoms with Crippen molar-refractivity contribution in [1.29, 1.82) is 0 Å². The largest absolute Gasteiger partial charge is 0.497 e. The molecule has 0 atom stereocenters. The van der Waals surface area contributed by atoms with E-state index in [-0.39, 0.29) is 11.1 Å². The Labute approximate surface area is 189 Å². The Morgan fingerprint density at radius 1 is 0.939 bits per heavy atom. The zero-order valence-corrected chi connectivity index (χ0v) is 18.8. The summed E-state index contributed by atoms with van der Waals surface area (Å²) in [6.45, 7) is 0.294. The Hall–Kier alpha value is -4.27. The summed E-state index contributed by atoms with van der Waals surface area (Å²) in [7, 11) is 6.03. The molecule has 33 heavy (non-hydrogen) atoms. The van der Waals surface area contributed by atoms with Crippen LogP contribution in [0.4, 0.5) is 5.69 Å². The number of carbonyl (C=O) groups is 1. The maximum absolute atomic E-state index is 13.4. The number of aryl methyl sites for hydroxylation is 1. The lowest BCUT2D eigenvalue weighted by atomic mass is 10.2. The van der Waals surface area contributed by atoms with Crippen molar-refractivity contribution in [3.63, 3.8) is 0 Å². The number of rotatable bonds is 6. The summed E-state index contributed by atoms with van der Waals surface area (Å²) >= 11 is 0. The van der Waals surface area contributed by atoms with E-state index >= 15 is 0 Å². The van der Waals surface area contributed by atoms with Gasteiger partial charge in [0.25, 0.3) is 11.5 Å². The molecule has 2 aromatic carbocycles. The van der Waals surface area contributed by atoms with Crippen molar-refractivity contribution in [2.45, 2.75) is 6.54 Å². The molecule has 170 valence electrons. The molecule has 2 heterocycles. The van der Waals surface area contributed by atoms with Crippen LogP contribution in [0.25, 0.3) is 11.0 Å². The minimum absolute atomic E-state index is 0.233. The average molecular weight is 448 g/mol. The van der Waals surface area contributed by atoms with E-state index in [1.54, 1.807) is 29.8 Å². The lowest BCUT2D eigenvalue weighted by Crippen LogP contribution is -2.37. The third-order valence-electron chi connectivity index (χ3n) is 5.57. The fourth-order valence-electron chi connectivity index (χ4n) is 3.85. The maximum Gasteiger partial charge on any atom is 0.332 e. The second-order valence-electron chi connectivity index (χ2n) is 7.56. The summed E-state index contributed by atoms with van der Waals surface area (Å²) < 4.78 is 14.7. The minimum atomic E-state index is -0.471. The highest BCUT2D eigenvalue weighted by molar-refractivity contribution is 6.06. The van der Waals surface area contributed by atoms with Gasteiger partial charge in [-0.1, -0.05) is 30.3 Å². The van der Waals surface area contributed by atoms with E-state index in [1.165, 1.54) is 31.9 Å². The zero-order chi connectivity index (χ0) is 23.7. The highest BCUT2D eigenvalue weighted by Crippen LogP contribution is 2.30. The van der Waals surface area contributed by atoms with Gasteiger partial charge in [0.1, 0.15) is 22.8 Å². The van der Waals surface area contributed by atoms with Crippen LogP contribution in [-0.4, -0.2) is 33.8 Å². The fourth-order valence-corrected chi connectivity index (χ4v) is 3.85. The van der Waals surface area contributed by atoms with Crippen molar-refractivity contribution >= 4 is 22.6 Å². The highest BCUT2D eigenvalue weighted by atomic mass is 16.5. The van der Waals surface area contributed by atoms with Crippen LogP contribution in [0.5, 0.6) is 11.5 Å². The number of ether oxygens (including phenoxy) is 2. The van der Waals surface area contributed by atoms with Crippen LogP contribution in [-0.2, 0) is 20.6 Å². The van der Waals surface area contributed by atoms with E-state index in [2.05, 4.69) is 5.32 Å². The lowest BCUT2D eigenvalue weighted by molar-refractivity contribution is 0.101. The maximum atomic E-state index is 13.4. The molecule has 0 aliphatic heterocycles. The summed E-state index contributed by atoms with van der Waals surface area (Å²) in [4.78, 5) is 38.9. The van der Waals surface area contributed by atoms with E-state index in [1.807, 2.05) is 30.3 Å². The molecular weight excluding hydrogens is 424 g/mol. The number of methoxy groups -OCH3 is 2. The molecule has 0 aliphatic rings. The second-order valence-corrected chi connectivity index (χ2v) is 7.56. The molecule has 0 saturated heterocycles. The van der Waals surface area contributed by atoms with Gasteiger partial charge in [-0.05, 0) is 23.8 Å².